The van der Waals surface area contributed by atoms with Crippen molar-refractivity contribution in [3.8, 4) is 0 Å². The molecule has 0 radical (unpaired) electrons. The van der Waals surface area contributed by atoms with E-state index in [1.165, 1.54) is 0 Å². The zero-order chi connectivity index (χ0) is 15.5. The van der Waals surface area contributed by atoms with Crippen LogP contribution in [0.1, 0.15) is 40.0 Å². The lowest BCUT2D eigenvalue weighted by Gasteiger charge is -2.23. The van der Waals surface area contributed by atoms with Crippen LogP contribution in [0, 0.1) is 11.8 Å². The Morgan fingerprint density at radius 2 is 2.05 bits per heavy atom. The smallest absolute Gasteiger partial charge is 0.317 e. The summed E-state index contributed by atoms with van der Waals surface area (Å²) in [5.41, 5.74) is 0. The number of nitrogens with one attached hydrogen (secondary N) is 1. The Labute approximate surface area is 122 Å². The van der Waals surface area contributed by atoms with Gasteiger partial charge in [-0.25, -0.2) is 4.79 Å². The first kappa shape index (κ1) is 18.5. The van der Waals surface area contributed by atoms with E-state index in [0.29, 0.717) is 25.6 Å². The Hall–Kier alpha value is -1.52. The molecule has 0 bridgehead atoms. The first-order chi connectivity index (χ1) is 9.40. The number of carbonyl (C=O) groups is 2. The van der Waals surface area contributed by atoms with Crippen molar-refractivity contribution in [3.63, 3.8) is 0 Å². The summed E-state index contributed by atoms with van der Waals surface area (Å²) in [7, 11) is 0. The van der Waals surface area contributed by atoms with E-state index in [2.05, 4.69) is 25.7 Å². The van der Waals surface area contributed by atoms with E-state index in [1.807, 2.05) is 6.92 Å². The Bertz CT molecular complexity index is 316. The van der Waals surface area contributed by atoms with Gasteiger partial charge in [-0.15, -0.1) is 6.58 Å². The van der Waals surface area contributed by atoms with Gasteiger partial charge in [-0.2, -0.15) is 0 Å². The number of hydrogen-bond donors (Lipinski definition) is 2. The van der Waals surface area contributed by atoms with Gasteiger partial charge in [-0.1, -0.05) is 26.8 Å². The highest BCUT2D eigenvalue weighted by Gasteiger charge is 2.17. The van der Waals surface area contributed by atoms with E-state index in [9.17, 15) is 9.59 Å². The molecule has 0 spiro atoms. The van der Waals surface area contributed by atoms with Crippen molar-refractivity contribution in [2.75, 3.05) is 19.6 Å². The minimum atomic E-state index is -0.818. The molecule has 2 amide bonds. The molecule has 0 unspecified atom stereocenters. The summed E-state index contributed by atoms with van der Waals surface area (Å²) in [6.45, 7) is 11.3. The molecule has 0 heterocycles. The summed E-state index contributed by atoms with van der Waals surface area (Å²) in [5, 5.41) is 11.7. The summed E-state index contributed by atoms with van der Waals surface area (Å²) >= 11 is 0. The number of urea groups is 1. The van der Waals surface area contributed by atoms with Crippen LogP contribution in [0.4, 0.5) is 4.79 Å². The van der Waals surface area contributed by atoms with Crippen LogP contribution >= 0.6 is 0 Å². The van der Waals surface area contributed by atoms with Crippen molar-refractivity contribution in [1.29, 1.82) is 0 Å². The minimum Gasteiger partial charge on any atom is -0.481 e. The number of hydrogen-bond acceptors (Lipinski definition) is 2. The zero-order valence-corrected chi connectivity index (χ0v) is 12.9. The Balaban J connectivity index is 4.38. The van der Waals surface area contributed by atoms with E-state index >= 15 is 0 Å². The van der Waals surface area contributed by atoms with Crippen molar-refractivity contribution in [2.45, 2.75) is 40.0 Å². The standard InChI is InChI=1S/C15H28N2O3/c1-5-7-17(8-6-2)15(20)16-11-13(9-12(3)4)10-14(18)19/h5,12-13H,1,6-11H2,2-4H3,(H,16,20)(H,18,19)/t13-/m0/s1. The van der Waals surface area contributed by atoms with Gasteiger partial charge in [-0.05, 0) is 24.7 Å². The van der Waals surface area contributed by atoms with Crippen molar-refractivity contribution in [3.05, 3.63) is 12.7 Å². The fourth-order valence-corrected chi connectivity index (χ4v) is 2.20. The van der Waals surface area contributed by atoms with E-state index < -0.39 is 5.97 Å². The summed E-state index contributed by atoms with van der Waals surface area (Å²) in [5.74, 6) is -0.429. The quantitative estimate of drug-likeness (QED) is 0.606. The summed E-state index contributed by atoms with van der Waals surface area (Å²) in [6, 6.07) is -0.147. The molecule has 0 aliphatic rings. The normalized spacial score (nSPS) is 12.0. The van der Waals surface area contributed by atoms with E-state index in [4.69, 9.17) is 5.11 Å². The van der Waals surface area contributed by atoms with Gasteiger partial charge >= 0.3 is 12.0 Å². The maximum Gasteiger partial charge on any atom is 0.317 e. The number of aliphatic carboxylic acids is 1. The number of nitrogens with zero attached hydrogens (tertiary/aromatic N) is 1. The molecule has 0 aliphatic carbocycles. The molecule has 0 saturated heterocycles. The molecule has 116 valence electrons. The van der Waals surface area contributed by atoms with Gasteiger partial charge in [0.2, 0.25) is 0 Å². The first-order valence-electron chi connectivity index (χ1n) is 7.26. The van der Waals surface area contributed by atoms with Crippen LogP contribution < -0.4 is 5.32 Å². The van der Waals surface area contributed by atoms with Gasteiger partial charge in [0.15, 0.2) is 0 Å². The Morgan fingerprint density at radius 1 is 1.40 bits per heavy atom. The topological polar surface area (TPSA) is 69.6 Å². The average Bonchev–Trinajstić information content (AvgIpc) is 2.34. The van der Waals surface area contributed by atoms with Crippen LogP contribution in [-0.2, 0) is 4.79 Å². The van der Waals surface area contributed by atoms with Crippen LogP contribution in [-0.4, -0.2) is 41.6 Å². The molecule has 0 fully saturated rings. The highest BCUT2D eigenvalue weighted by molar-refractivity contribution is 5.74. The third-order valence-electron chi connectivity index (χ3n) is 2.94. The van der Waals surface area contributed by atoms with Gasteiger partial charge in [0.1, 0.15) is 0 Å². The average molecular weight is 284 g/mol. The highest BCUT2D eigenvalue weighted by Crippen LogP contribution is 2.14. The van der Waals surface area contributed by atoms with Gasteiger partial charge in [0, 0.05) is 26.1 Å². The summed E-state index contributed by atoms with van der Waals surface area (Å²) in [6.07, 6.45) is 3.46. The molecule has 0 aromatic carbocycles. The minimum absolute atomic E-state index is 0.0244. The van der Waals surface area contributed by atoms with Crippen LogP contribution in [0.5, 0.6) is 0 Å². The number of rotatable bonds is 10. The number of carbonyl (C=O) groups excluding carboxylic acids is 1. The largest absolute Gasteiger partial charge is 0.481 e. The predicted octanol–water partition coefficient (Wildman–Crippen LogP) is 2.73. The molecule has 0 aliphatic heterocycles. The molecule has 1 atom stereocenters. The maximum atomic E-state index is 12.0. The Kier molecular flexibility index (Phi) is 9.51. The molecule has 0 rings (SSSR count). The second-order valence-electron chi connectivity index (χ2n) is 5.51. The molecule has 5 nitrogen and oxygen atoms in total. The molecule has 5 heteroatoms. The van der Waals surface area contributed by atoms with Crippen molar-refractivity contribution >= 4 is 12.0 Å². The van der Waals surface area contributed by atoms with Gasteiger partial charge in [0.05, 0.1) is 0 Å². The lowest BCUT2D eigenvalue weighted by Crippen LogP contribution is -2.42. The van der Waals surface area contributed by atoms with Crippen LogP contribution in [0.3, 0.4) is 0 Å². The lowest BCUT2D eigenvalue weighted by molar-refractivity contribution is -0.138. The predicted molar refractivity (Wildman–Crippen MR) is 80.7 cm³/mol. The van der Waals surface area contributed by atoms with Crippen molar-refractivity contribution < 1.29 is 14.7 Å². The van der Waals surface area contributed by atoms with E-state index in [0.717, 1.165) is 12.8 Å². The summed E-state index contributed by atoms with van der Waals surface area (Å²) in [4.78, 5) is 24.5. The van der Waals surface area contributed by atoms with Crippen molar-refractivity contribution in [2.24, 2.45) is 11.8 Å². The molecule has 0 aromatic heterocycles. The van der Waals surface area contributed by atoms with Crippen LogP contribution in [0.2, 0.25) is 0 Å². The molecular formula is C15H28N2O3. The van der Waals surface area contributed by atoms with E-state index in [1.54, 1.807) is 11.0 Å². The fraction of sp³-hybridized carbons (Fsp3) is 0.733. The fourth-order valence-electron chi connectivity index (χ4n) is 2.20. The number of carboxylic acid groups (broad SMARTS) is 1. The second kappa shape index (κ2) is 10.3. The monoisotopic (exact) mass is 284 g/mol. The van der Waals surface area contributed by atoms with Gasteiger partial charge in [-0.3, -0.25) is 4.79 Å². The lowest BCUT2D eigenvalue weighted by atomic mass is 9.94. The SMILES string of the molecule is C=CCN(CCC)C(=O)NC[C@H](CC(=O)O)CC(C)C. The molecule has 2 N–H and O–H groups in total. The zero-order valence-electron chi connectivity index (χ0n) is 12.9. The molecular weight excluding hydrogens is 256 g/mol. The third kappa shape index (κ3) is 8.56. The van der Waals surface area contributed by atoms with Crippen LogP contribution in [0.25, 0.3) is 0 Å². The third-order valence-corrected chi connectivity index (χ3v) is 2.94. The molecule has 0 aromatic rings. The molecule has 20 heavy (non-hydrogen) atoms. The number of amides is 2. The van der Waals surface area contributed by atoms with Gasteiger partial charge in [0.25, 0.3) is 0 Å². The molecule has 0 saturated carbocycles. The van der Waals surface area contributed by atoms with Gasteiger partial charge < -0.3 is 15.3 Å². The second-order valence-corrected chi connectivity index (χ2v) is 5.51. The maximum absolute atomic E-state index is 12.0. The van der Waals surface area contributed by atoms with Crippen molar-refractivity contribution in [1.82, 2.24) is 10.2 Å². The first-order valence-corrected chi connectivity index (χ1v) is 7.26. The number of carboxylic acids is 1. The summed E-state index contributed by atoms with van der Waals surface area (Å²) < 4.78 is 0. The Morgan fingerprint density at radius 3 is 2.50 bits per heavy atom. The van der Waals surface area contributed by atoms with E-state index in [-0.39, 0.29) is 18.4 Å². The highest BCUT2D eigenvalue weighted by atomic mass is 16.4. The van der Waals surface area contributed by atoms with Crippen LogP contribution in [0.15, 0.2) is 12.7 Å².